The quantitative estimate of drug-likeness (QED) is 0.488. The van der Waals surface area contributed by atoms with Gasteiger partial charge in [0.05, 0.1) is 18.6 Å². The highest BCUT2D eigenvalue weighted by Gasteiger charge is 2.40. The van der Waals surface area contributed by atoms with Gasteiger partial charge < -0.3 is 14.6 Å². The molecule has 1 saturated heterocycles. The van der Waals surface area contributed by atoms with Gasteiger partial charge in [-0.25, -0.2) is 4.79 Å². The van der Waals surface area contributed by atoms with Crippen molar-refractivity contribution in [1.82, 2.24) is 4.90 Å². The van der Waals surface area contributed by atoms with Crippen LogP contribution in [0.25, 0.3) is 6.08 Å². The summed E-state index contributed by atoms with van der Waals surface area (Å²) in [6.45, 7) is 2.39. The van der Waals surface area contributed by atoms with Gasteiger partial charge in [0.2, 0.25) is 0 Å². The van der Waals surface area contributed by atoms with E-state index in [1.165, 1.54) is 4.90 Å². The third-order valence-corrected chi connectivity index (χ3v) is 5.81. The zero-order valence-corrected chi connectivity index (χ0v) is 18.2. The van der Waals surface area contributed by atoms with E-state index in [4.69, 9.17) is 21.7 Å². The third kappa shape index (κ3) is 4.83. The summed E-state index contributed by atoms with van der Waals surface area (Å²) in [5.74, 6) is -0.354. The lowest BCUT2D eigenvalue weighted by molar-refractivity contribution is -0.145. The molecule has 0 saturated carbocycles. The highest BCUT2D eigenvalue weighted by Crippen LogP contribution is 2.36. The molecule has 1 aliphatic rings. The number of hydrogen-bond acceptors (Lipinski definition) is 6. The van der Waals surface area contributed by atoms with Crippen molar-refractivity contribution in [3.8, 4) is 11.5 Å². The molecular weight excluding hydrogens is 422 g/mol. The van der Waals surface area contributed by atoms with Crippen LogP contribution < -0.4 is 9.47 Å². The predicted molar refractivity (Wildman–Crippen MR) is 121 cm³/mol. The Morgan fingerprint density at radius 3 is 2.60 bits per heavy atom. The Labute approximate surface area is 184 Å². The number of ether oxygens (including phenoxy) is 2. The first kappa shape index (κ1) is 21.9. The lowest BCUT2D eigenvalue weighted by Crippen LogP contribution is -2.45. The number of nitrogens with zero attached hydrogens (tertiary/aromatic N) is 1. The molecule has 2 aromatic rings. The molecule has 1 fully saturated rings. The number of carbonyl (C=O) groups excluding carboxylic acids is 1. The molecule has 2 aromatic carbocycles. The first-order valence-corrected chi connectivity index (χ1v) is 10.5. The van der Waals surface area contributed by atoms with Gasteiger partial charge in [0, 0.05) is 6.42 Å². The van der Waals surface area contributed by atoms with Crippen molar-refractivity contribution in [1.29, 1.82) is 0 Å². The fraction of sp³-hybridized carbons (Fsp3) is 0.227. The van der Waals surface area contributed by atoms with E-state index < -0.39 is 17.9 Å². The number of carbonyl (C=O) groups is 2. The predicted octanol–water partition coefficient (Wildman–Crippen LogP) is 3.99. The first-order valence-electron chi connectivity index (χ1n) is 9.29. The van der Waals surface area contributed by atoms with E-state index in [-0.39, 0.29) is 10.7 Å². The summed E-state index contributed by atoms with van der Waals surface area (Å²) in [6, 6.07) is 13.4. The molecule has 1 atom stereocenters. The van der Waals surface area contributed by atoms with Gasteiger partial charge in [0.15, 0.2) is 11.5 Å². The molecule has 1 heterocycles. The summed E-state index contributed by atoms with van der Waals surface area (Å²) in [4.78, 5) is 26.5. The number of rotatable bonds is 8. The maximum atomic E-state index is 13.0. The lowest BCUT2D eigenvalue weighted by atomic mass is 10.0. The fourth-order valence-electron chi connectivity index (χ4n) is 3.07. The maximum absolute atomic E-state index is 13.0. The van der Waals surface area contributed by atoms with E-state index >= 15 is 0 Å². The van der Waals surface area contributed by atoms with Crippen molar-refractivity contribution in [2.45, 2.75) is 19.4 Å². The van der Waals surface area contributed by atoms with E-state index in [9.17, 15) is 14.7 Å². The number of aliphatic carboxylic acids is 1. The van der Waals surface area contributed by atoms with Crippen LogP contribution in [0, 0.1) is 0 Å². The van der Waals surface area contributed by atoms with Gasteiger partial charge in [-0.1, -0.05) is 60.4 Å². The summed E-state index contributed by atoms with van der Waals surface area (Å²) in [5, 5.41) is 9.74. The number of methoxy groups -OCH3 is 1. The van der Waals surface area contributed by atoms with Gasteiger partial charge in [-0.15, -0.1) is 0 Å². The van der Waals surface area contributed by atoms with E-state index in [2.05, 4.69) is 0 Å². The largest absolute Gasteiger partial charge is 0.493 e. The summed E-state index contributed by atoms with van der Waals surface area (Å²) in [6.07, 6.45) is 1.85. The van der Waals surface area contributed by atoms with Crippen molar-refractivity contribution < 1.29 is 24.2 Å². The highest BCUT2D eigenvalue weighted by atomic mass is 32.2. The Kier molecular flexibility index (Phi) is 7.12. The molecule has 0 unspecified atom stereocenters. The summed E-state index contributed by atoms with van der Waals surface area (Å²) in [5.41, 5.74) is 1.55. The van der Waals surface area contributed by atoms with Crippen LogP contribution in [-0.2, 0) is 16.0 Å². The topological polar surface area (TPSA) is 76.1 Å². The van der Waals surface area contributed by atoms with Crippen LogP contribution in [0.1, 0.15) is 18.1 Å². The van der Waals surface area contributed by atoms with Crippen LogP contribution in [0.15, 0.2) is 53.4 Å². The van der Waals surface area contributed by atoms with Gasteiger partial charge in [0.25, 0.3) is 5.91 Å². The van der Waals surface area contributed by atoms with E-state index in [0.717, 1.165) is 22.9 Å². The summed E-state index contributed by atoms with van der Waals surface area (Å²) in [7, 11) is 1.54. The smallest absolute Gasteiger partial charge is 0.327 e. The second kappa shape index (κ2) is 9.77. The highest BCUT2D eigenvalue weighted by molar-refractivity contribution is 8.26. The molecule has 1 aliphatic heterocycles. The Hall–Kier alpha value is -2.84. The Bertz CT molecular complexity index is 990. The minimum Gasteiger partial charge on any atom is -0.493 e. The van der Waals surface area contributed by atoms with E-state index in [1.807, 2.05) is 37.3 Å². The second-order valence-corrected chi connectivity index (χ2v) is 8.11. The van der Waals surface area contributed by atoms with Crippen LogP contribution in [0.3, 0.4) is 0 Å². The van der Waals surface area contributed by atoms with Crippen molar-refractivity contribution >= 4 is 46.3 Å². The SMILES string of the molecule is CCOc1ccc(/C=C2\SC(=S)N([C@H](Cc3ccccc3)C(=O)O)C2=O)cc1OC. The molecule has 0 aliphatic carbocycles. The summed E-state index contributed by atoms with van der Waals surface area (Å²) >= 11 is 6.44. The standard InChI is InChI=1S/C22H21NO5S2/c1-3-28-17-10-9-15(12-18(17)27-2)13-19-20(24)23(22(29)30-19)16(21(25)26)11-14-7-5-4-6-8-14/h4-10,12-13,16H,3,11H2,1-2H3,(H,25,26)/b19-13-/t16-/m1/s1. The number of amides is 1. The molecule has 30 heavy (non-hydrogen) atoms. The number of thiocarbonyl (C=S) groups is 1. The zero-order chi connectivity index (χ0) is 21.7. The normalized spacial score (nSPS) is 16.1. The molecule has 0 aromatic heterocycles. The first-order chi connectivity index (χ1) is 14.4. The van der Waals surface area contributed by atoms with Crippen molar-refractivity contribution in [3.63, 3.8) is 0 Å². The minimum atomic E-state index is -1.10. The van der Waals surface area contributed by atoms with Crippen LogP contribution in [0.2, 0.25) is 0 Å². The molecular formula is C22H21NO5S2. The van der Waals surface area contributed by atoms with Gasteiger partial charge in [-0.05, 0) is 36.3 Å². The number of benzene rings is 2. The molecule has 1 amide bonds. The van der Waals surface area contributed by atoms with Gasteiger partial charge >= 0.3 is 5.97 Å². The average molecular weight is 444 g/mol. The molecule has 0 spiro atoms. The monoisotopic (exact) mass is 443 g/mol. The number of carboxylic acids is 1. The Balaban J connectivity index is 1.87. The fourth-order valence-corrected chi connectivity index (χ4v) is 4.43. The van der Waals surface area contributed by atoms with Crippen LogP contribution in [0.5, 0.6) is 11.5 Å². The van der Waals surface area contributed by atoms with Crippen molar-refractivity contribution in [2.75, 3.05) is 13.7 Å². The number of thioether (sulfide) groups is 1. The van der Waals surface area contributed by atoms with Gasteiger partial charge in [-0.2, -0.15) is 0 Å². The molecule has 1 N–H and O–H groups in total. The molecule has 156 valence electrons. The van der Waals surface area contributed by atoms with Crippen LogP contribution in [0.4, 0.5) is 0 Å². The number of hydrogen-bond donors (Lipinski definition) is 1. The Morgan fingerprint density at radius 1 is 1.23 bits per heavy atom. The molecule has 0 radical (unpaired) electrons. The lowest BCUT2D eigenvalue weighted by Gasteiger charge is -2.23. The molecule has 0 bridgehead atoms. The maximum Gasteiger partial charge on any atom is 0.327 e. The third-order valence-electron chi connectivity index (χ3n) is 4.48. The van der Waals surface area contributed by atoms with Crippen LogP contribution >= 0.6 is 24.0 Å². The molecule has 6 nitrogen and oxygen atoms in total. The average Bonchev–Trinajstić information content (AvgIpc) is 3.01. The zero-order valence-electron chi connectivity index (χ0n) is 16.5. The molecule has 8 heteroatoms. The molecule has 3 rings (SSSR count). The van der Waals surface area contributed by atoms with Crippen LogP contribution in [-0.4, -0.2) is 46.0 Å². The summed E-state index contributed by atoms with van der Waals surface area (Å²) < 4.78 is 11.1. The number of carboxylic acid groups (broad SMARTS) is 1. The Morgan fingerprint density at radius 2 is 1.97 bits per heavy atom. The second-order valence-electron chi connectivity index (χ2n) is 6.44. The van der Waals surface area contributed by atoms with Gasteiger partial charge in [0.1, 0.15) is 10.4 Å². The van der Waals surface area contributed by atoms with E-state index in [0.29, 0.717) is 23.0 Å². The van der Waals surface area contributed by atoms with E-state index in [1.54, 1.807) is 31.4 Å². The van der Waals surface area contributed by atoms with Crippen molar-refractivity contribution in [3.05, 3.63) is 64.6 Å². The minimum absolute atomic E-state index is 0.173. The van der Waals surface area contributed by atoms with Gasteiger partial charge in [-0.3, -0.25) is 9.69 Å². The van der Waals surface area contributed by atoms with Crippen molar-refractivity contribution in [2.24, 2.45) is 0 Å².